The predicted molar refractivity (Wildman–Crippen MR) is 120 cm³/mol. The molecule has 1 fully saturated rings. The SMILES string of the molecule is COc1ccc(NC(C)=O)cc1NC(=O)[C@H]1CC(=O)N(c2cccc3ccccc23)C1. The molecule has 1 saturated heterocycles. The fourth-order valence-corrected chi connectivity index (χ4v) is 3.88. The molecule has 0 saturated carbocycles. The van der Waals surface area contributed by atoms with Gasteiger partial charge in [0.05, 0.1) is 24.4 Å². The highest BCUT2D eigenvalue weighted by molar-refractivity contribution is 6.08. The van der Waals surface area contributed by atoms with Crippen LogP contribution in [0.2, 0.25) is 0 Å². The monoisotopic (exact) mass is 417 g/mol. The first-order chi connectivity index (χ1) is 15.0. The molecule has 4 rings (SSSR count). The van der Waals surface area contributed by atoms with Crippen LogP contribution in [0.25, 0.3) is 10.8 Å². The van der Waals surface area contributed by atoms with Gasteiger partial charge in [-0.15, -0.1) is 0 Å². The Morgan fingerprint density at radius 2 is 1.81 bits per heavy atom. The predicted octanol–water partition coefficient (Wildman–Crippen LogP) is 3.80. The third-order valence-corrected chi connectivity index (χ3v) is 5.33. The summed E-state index contributed by atoms with van der Waals surface area (Å²) in [5, 5.41) is 7.55. The van der Waals surface area contributed by atoms with Crippen molar-refractivity contribution in [1.29, 1.82) is 0 Å². The molecule has 0 bridgehead atoms. The average Bonchev–Trinajstić information content (AvgIpc) is 3.15. The number of fused-ring (bicyclic) bond motifs is 1. The van der Waals surface area contributed by atoms with Gasteiger partial charge in [-0.25, -0.2) is 0 Å². The molecule has 0 radical (unpaired) electrons. The van der Waals surface area contributed by atoms with Gasteiger partial charge in [0.1, 0.15) is 5.75 Å². The zero-order valence-electron chi connectivity index (χ0n) is 17.3. The zero-order chi connectivity index (χ0) is 22.0. The highest BCUT2D eigenvalue weighted by atomic mass is 16.5. The summed E-state index contributed by atoms with van der Waals surface area (Å²) in [4.78, 5) is 38.7. The van der Waals surface area contributed by atoms with Crippen LogP contribution in [0, 0.1) is 5.92 Å². The minimum atomic E-state index is -0.499. The molecule has 31 heavy (non-hydrogen) atoms. The lowest BCUT2D eigenvalue weighted by molar-refractivity contribution is -0.122. The standard InChI is InChI=1S/C24H23N3O4/c1-15(28)25-18-10-11-22(31-2)20(13-18)26-24(30)17-12-23(29)27(14-17)21-9-5-7-16-6-3-4-8-19(16)21/h3-11,13,17H,12,14H2,1-2H3,(H,25,28)(H,26,30)/t17-/m0/s1. The van der Waals surface area contributed by atoms with Gasteiger partial charge in [0, 0.05) is 31.0 Å². The molecule has 1 heterocycles. The Kier molecular flexibility index (Phi) is 5.58. The van der Waals surface area contributed by atoms with Gasteiger partial charge in [0.25, 0.3) is 0 Å². The van der Waals surface area contributed by atoms with Crippen molar-refractivity contribution in [3.8, 4) is 5.75 Å². The first-order valence-corrected chi connectivity index (χ1v) is 10.0. The Labute approximate surface area is 180 Å². The summed E-state index contributed by atoms with van der Waals surface area (Å²) in [5.41, 5.74) is 1.79. The number of methoxy groups -OCH3 is 1. The van der Waals surface area contributed by atoms with Crippen LogP contribution in [0.1, 0.15) is 13.3 Å². The molecule has 1 atom stereocenters. The average molecular weight is 417 g/mol. The largest absolute Gasteiger partial charge is 0.495 e. The summed E-state index contributed by atoms with van der Waals surface area (Å²) in [5.74, 6) is -0.599. The fourth-order valence-electron chi connectivity index (χ4n) is 3.88. The van der Waals surface area contributed by atoms with Crippen molar-refractivity contribution in [3.63, 3.8) is 0 Å². The van der Waals surface area contributed by atoms with E-state index in [1.165, 1.54) is 14.0 Å². The third-order valence-electron chi connectivity index (χ3n) is 5.33. The summed E-state index contributed by atoms with van der Waals surface area (Å²) < 4.78 is 5.32. The maximum absolute atomic E-state index is 13.0. The highest BCUT2D eigenvalue weighted by Gasteiger charge is 2.36. The smallest absolute Gasteiger partial charge is 0.229 e. The quantitative estimate of drug-likeness (QED) is 0.661. The van der Waals surface area contributed by atoms with E-state index in [1.54, 1.807) is 23.1 Å². The molecule has 158 valence electrons. The number of nitrogens with zero attached hydrogens (tertiary/aromatic N) is 1. The van der Waals surface area contributed by atoms with Crippen molar-refractivity contribution < 1.29 is 19.1 Å². The van der Waals surface area contributed by atoms with E-state index in [9.17, 15) is 14.4 Å². The number of hydrogen-bond donors (Lipinski definition) is 2. The molecular weight excluding hydrogens is 394 g/mol. The molecule has 1 aliphatic rings. The first-order valence-electron chi connectivity index (χ1n) is 10.0. The van der Waals surface area contributed by atoms with Gasteiger partial charge in [-0.3, -0.25) is 14.4 Å². The van der Waals surface area contributed by atoms with Crippen LogP contribution in [-0.2, 0) is 14.4 Å². The fraction of sp³-hybridized carbons (Fsp3) is 0.208. The Hall–Kier alpha value is -3.87. The minimum absolute atomic E-state index is 0.0875. The maximum Gasteiger partial charge on any atom is 0.229 e. The summed E-state index contributed by atoms with van der Waals surface area (Å²) in [6.07, 6.45) is 0.128. The summed E-state index contributed by atoms with van der Waals surface area (Å²) in [6, 6.07) is 18.7. The van der Waals surface area contributed by atoms with E-state index in [0.29, 0.717) is 23.7 Å². The summed E-state index contributed by atoms with van der Waals surface area (Å²) >= 11 is 0. The van der Waals surface area contributed by atoms with Gasteiger partial charge in [-0.1, -0.05) is 36.4 Å². The van der Waals surface area contributed by atoms with Gasteiger partial charge < -0.3 is 20.3 Å². The van der Waals surface area contributed by atoms with Crippen LogP contribution in [0.5, 0.6) is 5.75 Å². The number of benzene rings is 3. The number of amides is 3. The topological polar surface area (TPSA) is 87.7 Å². The van der Waals surface area contributed by atoms with Crippen molar-refractivity contribution in [1.82, 2.24) is 0 Å². The highest BCUT2D eigenvalue weighted by Crippen LogP contribution is 2.33. The Morgan fingerprint density at radius 3 is 2.58 bits per heavy atom. The van der Waals surface area contributed by atoms with E-state index < -0.39 is 5.92 Å². The van der Waals surface area contributed by atoms with Crippen LogP contribution in [0.15, 0.2) is 60.7 Å². The van der Waals surface area contributed by atoms with Gasteiger partial charge in [-0.05, 0) is 29.7 Å². The lowest BCUT2D eigenvalue weighted by atomic mass is 10.1. The van der Waals surface area contributed by atoms with Crippen LogP contribution in [-0.4, -0.2) is 31.4 Å². The maximum atomic E-state index is 13.0. The third kappa shape index (κ3) is 4.21. The Balaban J connectivity index is 1.54. The summed E-state index contributed by atoms with van der Waals surface area (Å²) in [6.45, 7) is 1.71. The number of nitrogens with one attached hydrogen (secondary N) is 2. The second-order valence-electron chi connectivity index (χ2n) is 7.49. The van der Waals surface area contributed by atoms with Gasteiger partial charge in [-0.2, -0.15) is 0 Å². The molecule has 7 heteroatoms. The van der Waals surface area contributed by atoms with Crippen molar-refractivity contribution in [3.05, 3.63) is 60.7 Å². The first kappa shape index (κ1) is 20.4. The van der Waals surface area contributed by atoms with Crippen LogP contribution >= 0.6 is 0 Å². The molecule has 0 aliphatic carbocycles. The number of rotatable bonds is 5. The molecule has 3 aromatic carbocycles. The molecule has 0 unspecified atom stereocenters. The van der Waals surface area contributed by atoms with E-state index in [2.05, 4.69) is 10.6 Å². The number of carbonyl (C=O) groups is 3. The van der Waals surface area contributed by atoms with Crippen molar-refractivity contribution >= 4 is 45.6 Å². The van der Waals surface area contributed by atoms with E-state index in [4.69, 9.17) is 4.74 Å². The van der Waals surface area contributed by atoms with Crippen LogP contribution in [0.4, 0.5) is 17.1 Å². The lowest BCUT2D eigenvalue weighted by Gasteiger charge is -2.19. The number of hydrogen-bond acceptors (Lipinski definition) is 4. The molecule has 3 amide bonds. The van der Waals surface area contributed by atoms with Gasteiger partial charge in [0.15, 0.2) is 0 Å². The van der Waals surface area contributed by atoms with Crippen LogP contribution < -0.4 is 20.3 Å². The zero-order valence-corrected chi connectivity index (χ0v) is 17.3. The van der Waals surface area contributed by atoms with Gasteiger partial charge >= 0.3 is 0 Å². The second-order valence-corrected chi connectivity index (χ2v) is 7.49. The number of carbonyl (C=O) groups excluding carboxylic acids is 3. The van der Waals surface area contributed by atoms with Gasteiger partial charge in [0.2, 0.25) is 17.7 Å². The molecule has 2 N–H and O–H groups in total. The molecule has 7 nitrogen and oxygen atoms in total. The number of anilines is 3. The normalized spacial score (nSPS) is 15.7. The van der Waals surface area contributed by atoms with E-state index in [-0.39, 0.29) is 24.1 Å². The van der Waals surface area contributed by atoms with E-state index >= 15 is 0 Å². The van der Waals surface area contributed by atoms with Crippen LogP contribution in [0.3, 0.4) is 0 Å². The lowest BCUT2D eigenvalue weighted by Crippen LogP contribution is -2.28. The molecule has 3 aromatic rings. The second kappa shape index (κ2) is 8.47. The van der Waals surface area contributed by atoms with Crippen molar-refractivity contribution in [2.45, 2.75) is 13.3 Å². The van der Waals surface area contributed by atoms with E-state index in [0.717, 1.165) is 16.5 Å². The molecule has 1 aliphatic heterocycles. The number of ether oxygens (including phenoxy) is 1. The van der Waals surface area contributed by atoms with Crippen molar-refractivity contribution in [2.24, 2.45) is 5.92 Å². The summed E-state index contributed by atoms with van der Waals surface area (Å²) in [7, 11) is 1.50. The van der Waals surface area contributed by atoms with Crippen molar-refractivity contribution in [2.75, 3.05) is 29.2 Å². The Bertz CT molecular complexity index is 1170. The van der Waals surface area contributed by atoms with E-state index in [1.807, 2.05) is 42.5 Å². The molecular formula is C24H23N3O4. The minimum Gasteiger partial charge on any atom is -0.495 e. The molecule has 0 aromatic heterocycles. The Morgan fingerprint density at radius 1 is 1.03 bits per heavy atom. The molecule has 0 spiro atoms.